The average molecular weight is 363 g/mol. The standard InChI is InChI=1S/C19H20F3N3O/c1-13(14-5-3-2-4-6-14)24-7-9-25(10-8-24)19(26)23-18-16(21)11-15(20)12-17(18)22/h2-6,11-13H,7-10H2,1H3,(H,23,26). The zero-order valence-electron chi connectivity index (χ0n) is 14.4. The van der Waals surface area contributed by atoms with Crippen molar-refractivity contribution >= 4 is 11.7 Å². The molecule has 0 aliphatic carbocycles. The molecule has 0 radical (unpaired) electrons. The number of nitrogens with zero attached hydrogens (tertiary/aromatic N) is 2. The number of hydrogen-bond donors (Lipinski definition) is 1. The number of piperazine rings is 1. The Bertz CT molecular complexity index is 754. The number of halogens is 3. The number of urea groups is 1. The molecule has 4 nitrogen and oxygen atoms in total. The highest BCUT2D eigenvalue weighted by Crippen LogP contribution is 2.23. The number of nitrogens with one attached hydrogen (secondary N) is 1. The first-order valence-corrected chi connectivity index (χ1v) is 8.45. The van der Waals surface area contributed by atoms with E-state index in [1.165, 1.54) is 10.5 Å². The molecule has 0 spiro atoms. The van der Waals surface area contributed by atoms with Crippen LogP contribution in [0.25, 0.3) is 0 Å². The molecule has 1 heterocycles. The average Bonchev–Trinajstić information content (AvgIpc) is 2.64. The van der Waals surface area contributed by atoms with Gasteiger partial charge in [-0.2, -0.15) is 0 Å². The molecule has 1 aliphatic rings. The van der Waals surface area contributed by atoms with Gasteiger partial charge in [0.05, 0.1) is 0 Å². The number of rotatable bonds is 3. The van der Waals surface area contributed by atoms with Crippen LogP contribution in [0.4, 0.5) is 23.7 Å². The van der Waals surface area contributed by atoms with Gasteiger partial charge in [-0.1, -0.05) is 30.3 Å². The molecule has 7 heteroatoms. The first kappa shape index (κ1) is 18.3. The Morgan fingerprint density at radius 2 is 1.58 bits per heavy atom. The van der Waals surface area contributed by atoms with Crippen LogP contribution in [0, 0.1) is 17.5 Å². The van der Waals surface area contributed by atoms with E-state index in [1.807, 2.05) is 18.2 Å². The van der Waals surface area contributed by atoms with Crippen LogP contribution in [0.3, 0.4) is 0 Å². The van der Waals surface area contributed by atoms with Gasteiger partial charge in [0.15, 0.2) is 11.6 Å². The maximum atomic E-state index is 13.7. The SMILES string of the molecule is CC(c1ccccc1)N1CCN(C(=O)Nc2c(F)cc(F)cc2F)CC1. The summed E-state index contributed by atoms with van der Waals surface area (Å²) in [6.07, 6.45) is 0. The summed E-state index contributed by atoms with van der Waals surface area (Å²) < 4.78 is 40.3. The fourth-order valence-electron chi connectivity index (χ4n) is 3.10. The Labute approximate surface area is 150 Å². The second-order valence-electron chi connectivity index (χ2n) is 6.28. The topological polar surface area (TPSA) is 35.6 Å². The lowest BCUT2D eigenvalue weighted by Gasteiger charge is -2.38. The van der Waals surface area contributed by atoms with E-state index in [0.29, 0.717) is 38.3 Å². The normalized spacial score (nSPS) is 16.4. The summed E-state index contributed by atoms with van der Waals surface area (Å²) in [4.78, 5) is 16.0. The summed E-state index contributed by atoms with van der Waals surface area (Å²) >= 11 is 0. The smallest absolute Gasteiger partial charge is 0.322 e. The molecule has 0 aromatic heterocycles. The van der Waals surface area contributed by atoms with E-state index in [0.717, 1.165) is 0 Å². The monoisotopic (exact) mass is 363 g/mol. The van der Waals surface area contributed by atoms with Gasteiger partial charge in [0.2, 0.25) is 0 Å². The summed E-state index contributed by atoms with van der Waals surface area (Å²) in [5.74, 6) is -3.29. The Morgan fingerprint density at radius 1 is 1.00 bits per heavy atom. The molecule has 1 saturated heterocycles. The summed E-state index contributed by atoms with van der Waals surface area (Å²) in [5.41, 5.74) is 0.567. The lowest BCUT2D eigenvalue weighted by molar-refractivity contribution is 0.119. The number of amides is 2. The Kier molecular flexibility index (Phi) is 5.46. The zero-order chi connectivity index (χ0) is 18.7. The van der Waals surface area contributed by atoms with Gasteiger partial charge in [0.1, 0.15) is 11.5 Å². The third-order valence-corrected chi connectivity index (χ3v) is 4.67. The molecule has 1 fully saturated rings. The largest absolute Gasteiger partial charge is 0.322 e. The van der Waals surface area contributed by atoms with Crippen LogP contribution in [-0.4, -0.2) is 42.0 Å². The van der Waals surface area contributed by atoms with E-state index in [2.05, 4.69) is 29.3 Å². The van der Waals surface area contributed by atoms with Crippen molar-refractivity contribution in [2.24, 2.45) is 0 Å². The Morgan fingerprint density at radius 3 is 2.15 bits per heavy atom. The number of carbonyl (C=O) groups excluding carboxylic acids is 1. The van der Waals surface area contributed by atoms with Crippen LogP contribution < -0.4 is 5.32 Å². The molecule has 0 bridgehead atoms. The van der Waals surface area contributed by atoms with Gasteiger partial charge in [-0.3, -0.25) is 4.90 Å². The molecular formula is C19H20F3N3O. The summed E-state index contributed by atoms with van der Waals surface area (Å²) in [7, 11) is 0. The summed E-state index contributed by atoms with van der Waals surface area (Å²) in [6, 6.07) is 10.8. The van der Waals surface area contributed by atoms with Gasteiger partial charge >= 0.3 is 6.03 Å². The molecule has 2 amide bonds. The van der Waals surface area contributed by atoms with Crippen LogP contribution in [0.1, 0.15) is 18.5 Å². The van der Waals surface area contributed by atoms with Gasteiger partial charge in [-0.15, -0.1) is 0 Å². The molecule has 1 aliphatic heterocycles. The molecule has 138 valence electrons. The maximum Gasteiger partial charge on any atom is 0.322 e. The first-order valence-electron chi connectivity index (χ1n) is 8.45. The Hall–Kier alpha value is -2.54. The van der Waals surface area contributed by atoms with E-state index in [9.17, 15) is 18.0 Å². The maximum absolute atomic E-state index is 13.7. The molecule has 0 saturated carbocycles. The zero-order valence-corrected chi connectivity index (χ0v) is 14.4. The predicted octanol–water partition coefficient (Wildman–Crippen LogP) is 4.01. The molecule has 1 unspecified atom stereocenters. The van der Waals surface area contributed by atoms with Gasteiger partial charge < -0.3 is 10.2 Å². The van der Waals surface area contributed by atoms with Crippen molar-refractivity contribution in [2.75, 3.05) is 31.5 Å². The highest BCUT2D eigenvalue weighted by Gasteiger charge is 2.26. The highest BCUT2D eigenvalue weighted by atomic mass is 19.1. The quantitative estimate of drug-likeness (QED) is 0.894. The highest BCUT2D eigenvalue weighted by molar-refractivity contribution is 5.89. The van der Waals surface area contributed by atoms with Gasteiger partial charge in [0.25, 0.3) is 0 Å². The number of benzene rings is 2. The minimum Gasteiger partial charge on any atom is -0.322 e. The third kappa shape index (κ3) is 3.99. The molecular weight excluding hydrogens is 343 g/mol. The number of anilines is 1. The lowest BCUT2D eigenvalue weighted by atomic mass is 10.1. The van der Waals surface area contributed by atoms with Crippen LogP contribution in [0.15, 0.2) is 42.5 Å². The Balaban J connectivity index is 1.59. The van der Waals surface area contributed by atoms with Crippen LogP contribution in [0.5, 0.6) is 0 Å². The van der Waals surface area contributed by atoms with E-state index < -0.39 is 29.2 Å². The van der Waals surface area contributed by atoms with Crippen LogP contribution in [-0.2, 0) is 0 Å². The van der Waals surface area contributed by atoms with Gasteiger partial charge in [-0.05, 0) is 12.5 Å². The molecule has 2 aromatic carbocycles. The van der Waals surface area contributed by atoms with E-state index in [4.69, 9.17) is 0 Å². The van der Waals surface area contributed by atoms with Crippen LogP contribution >= 0.6 is 0 Å². The van der Waals surface area contributed by atoms with Crippen molar-refractivity contribution in [1.29, 1.82) is 0 Å². The van der Waals surface area contributed by atoms with E-state index in [-0.39, 0.29) is 6.04 Å². The minimum absolute atomic E-state index is 0.216. The van der Waals surface area contributed by atoms with Crippen molar-refractivity contribution in [1.82, 2.24) is 9.80 Å². The van der Waals surface area contributed by atoms with Crippen molar-refractivity contribution < 1.29 is 18.0 Å². The molecule has 2 aromatic rings. The fraction of sp³-hybridized carbons (Fsp3) is 0.316. The van der Waals surface area contributed by atoms with E-state index in [1.54, 1.807) is 0 Å². The number of carbonyl (C=O) groups is 1. The molecule has 1 N–H and O–H groups in total. The third-order valence-electron chi connectivity index (χ3n) is 4.67. The van der Waals surface area contributed by atoms with Gasteiger partial charge in [-0.25, -0.2) is 18.0 Å². The molecule has 26 heavy (non-hydrogen) atoms. The molecule has 3 rings (SSSR count). The van der Waals surface area contributed by atoms with Crippen LogP contribution in [0.2, 0.25) is 0 Å². The van der Waals surface area contributed by atoms with Crippen molar-refractivity contribution in [3.8, 4) is 0 Å². The predicted molar refractivity (Wildman–Crippen MR) is 93.3 cm³/mol. The molecule has 1 atom stereocenters. The van der Waals surface area contributed by atoms with Crippen molar-refractivity contribution in [3.63, 3.8) is 0 Å². The second kappa shape index (κ2) is 7.78. The lowest BCUT2D eigenvalue weighted by Crippen LogP contribution is -2.50. The number of hydrogen-bond acceptors (Lipinski definition) is 2. The summed E-state index contributed by atoms with van der Waals surface area (Å²) in [5, 5.41) is 2.20. The first-order chi connectivity index (χ1) is 12.5. The van der Waals surface area contributed by atoms with Gasteiger partial charge in [0, 0.05) is 44.4 Å². The van der Waals surface area contributed by atoms with Crippen molar-refractivity contribution in [3.05, 3.63) is 65.5 Å². The summed E-state index contributed by atoms with van der Waals surface area (Å²) in [6.45, 7) is 4.28. The van der Waals surface area contributed by atoms with E-state index >= 15 is 0 Å². The fourth-order valence-corrected chi connectivity index (χ4v) is 3.10. The van der Waals surface area contributed by atoms with Crippen molar-refractivity contribution in [2.45, 2.75) is 13.0 Å². The second-order valence-corrected chi connectivity index (χ2v) is 6.28. The minimum atomic E-state index is -1.13.